The molecule has 0 aliphatic heterocycles. The molecule has 0 heterocycles. The number of amides is 1. The van der Waals surface area contributed by atoms with Crippen molar-refractivity contribution in [2.75, 3.05) is 13.7 Å². The van der Waals surface area contributed by atoms with Gasteiger partial charge in [-0.25, -0.2) is 0 Å². The fourth-order valence-electron chi connectivity index (χ4n) is 3.02. The van der Waals surface area contributed by atoms with Crippen molar-refractivity contribution in [1.82, 2.24) is 5.32 Å². The largest absolute Gasteiger partial charge is 0.504 e. The van der Waals surface area contributed by atoms with E-state index in [9.17, 15) is 18.7 Å². The normalized spacial score (nSPS) is 11.5. The van der Waals surface area contributed by atoms with Crippen LogP contribution in [-0.2, 0) is 16.0 Å². The maximum Gasteiger partial charge on any atom is 0.386 e. The van der Waals surface area contributed by atoms with Gasteiger partial charge in [0.15, 0.2) is 11.5 Å². The number of nitrogens with one attached hydrogen (secondary N) is 1. The molecule has 0 fully saturated rings. The minimum atomic E-state index is -3.03. The summed E-state index contributed by atoms with van der Waals surface area (Å²) >= 11 is 0. The second kappa shape index (κ2) is 9.73. The summed E-state index contributed by atoms with van der Waals surface area (Å²) in [5.74, 6) is -0.173. The van der Waals surface area contributed by atoms with Crippen molar-refractivity contribution in [1.29, 1.82) is 0 Å². The molecule has 7 heteroatoms. The first-order valence-corrected chi connectivity index (χ1v) is 9.25. The SMILES string of the molecule is COc1cc(CCNC(=O)/C(=C/OC(F)F)c2ccc3ccccc3c2)ccc1O. The molecule has 0 aliphatic carbocycles. The summed E-state index contributed by atoms with van der Waals surface area (Å²) in [4.78, 5) is 12.7. The number of methoxy groups -OCH3 is 1. The van der Waals surface area contributed by atoms with E-state index in [1.807, 2.05) is 30.3 Å². The van der Waals surface area contributed by atoms with E-state index in [-0.39, 0.29) is 17.9 Å². The Bertz CT molecular complexity index is 1070. The van der Waals surface area contributed by atoms with Crippen molar-refractivity contribution >= 4 is 22.3 Å². The van der Waals surface area contributed by atoms with Gasteiger partial charge in [0.1, 0.15) is 6.26 Å². The van der Waals surface area contributed by atoms with Gasteiger partial charge in [-0.15, -0.1) is 0 Å². The minimum Gasteiger partial charge on any atom is -0.504 e. The number of carbonyl (C=O) groups is 1. The Morgan fingerprint density at radius 1 is 1.10 bits per heavy atom. The number of halogens is 2. The maximum absolute atomic E-state index is 12.7. The van der Waals surface area contributed by atoms with Crippen molar-refractivity contribution in [2.45, 2.75) is 13.0 Å². The molecule has 156 valence electrons. The number of aromatic hydroxyl groups is 1. The molecule has 0 spiro atoms. The quantitative estimate of drug-likeness (QED) is 0.422. The first-order valence-electron chi connectivity index (χ1n) is 9.25. The standard InChI is InChI=1S/C23H21F2NO4/c1-29-21-12-15(6-9-20(21)27)10-11-26-22(28)19(14-30-23(24)25)18-8-7-16-4-2-3-5-17(16)13-18/h2-9,12-14,23,27H,10-11H2,1H3,(H,26,28)/b19-14+. The minimum absolute atomic E-state index is 0.00402. The van der Waals surface area contributed by atoms with Crippen LogP contribution in [0.1, 0.15) is 11.1 Å². The molecule has 3 aromatic carbocycles. The summed E-state index contributed by atoms with van der Waals surface area (Å²) in [5.41, 5.74) is 1.31. The van der Waals surface area contributed by atoms with Crippen LogP contribution in [-0.4, -0.2) is 31.3 Å². The molecular weight excluding hydrogens is 392 g/mol. The van der Waals surface area contributed by atoms with E-state index in [1.165, 1.54) is 13.2 Å². The summed E-state index contributed by atoms with van der Waals surface area (Å²) in [7, 11) is 1.45. The molecule has 0 radical (unpaired) electrons. The van der Waals surface area contributed by atoms with Gasteiger partial charge in [-0.05, 0) is 46.5 Å². The van der Waals surface area contributed by atoms with E-state index in [4.69, 9.17) is 4.74 Å². The molecule has 0 aliphatic rings. The summed E-state index contributed by atoms with van der Waals surface area (Å²) in [6.07, 6.45) is 1.25. The Labute approximate surface area is 172 Å². The van der Waals surface area contributed by atoms with Crippen LogP contribution in [0, 0.1) is 0 Å². The molecule has 0 saturated carbocycles. The van der Waals surface area contributed by atoms with E-state index in [1.54, 1.807) is 24.3 Å². The van der Waals surface area contributed by atoms with Gasteiger partial charge in [-0.3, -0.25) is 4.79 Å². The first kappa shape index (κ1) is 21.1. The van der Waals surface area contributed by atoms with Crippen molar-refractivity contribution in [2.24, 2.45) is 0 Å². The number of ether oxygens (including phenoxy) is 2. The predicted octanol–water partition coefficient (Wildman–Crippen LogP) is 4.49. The molecule has 0 aromatic heterocycles. The highest BCUT2D eigenvalue weighted by Crippen LogP contribution is 2.26. The van der Waals surface area contributed by atoms with Gasteiger partial charge in [0.2, 0.25) is 0 Å². The second-order valence-electron chi connectivity index (χ2n) is 6.50. The highest BCUT2D eigenvalue weighted by atomic mass is 19.3. The topological polar surface area (TPSA) is 67.8 Å². The smallest absolute Gasteiger partial charge is 0.386 e. The molecular formula is C23H21F2NO4. The predicted molar refractivity (Wildman–Crippen MR) is 110 cm³/mol. The van der Waals surface area contributed by atoms with E-state index in [0.29, 0.717) is 17.7 Å². The molecule has 0 atom stereocenters. The summed E-state index contributed by atoms with van der Waals surface area (Å²) in [6, 6.07) is 17.7. The van der Waals surface area contributed by atoms with Gasteiger partial charge in [-0.1, -0.05) is 42.5 Å². The zero-order chi connectivity index (χ0) is 21.5. The Kier molecular flexibility index (Phi) is 6.85. The maximum atomic E-state index is 12.7. The van der Waals surface area contributed by atoms with E-state index < -0.39 is 12.5 Å². The van der Waals surface area contributed by atoms with Crippen LogP contribution in [0.25, 0.3) is 16.3 Å². The Hall–Kier alpha value is -3.61. The zero-order valence-electron chi connectivity index (χ0n) is 16.3. The second-order valence-corrected chi connectivity index (χ2v) is 6.50. The van der Waals surface area contributed by atoms with Crippen LogP contribution in [0.5, 0.6) is 11.5 Å². The summed E-state index contributed by atoms with van der Waals surface area (Å²) in [5, 5.41) is 14.2. The summed E-state index contributed by atoms with van der Waals surface area (Å²) < 4.78 is 34.5. The molecule has 0 unspecified atom stereocenters. The summed E-state index contributed by atoms with van der Waals surface area (Å²) in [6.45, 7) is -2.77. The van der Waals surface area contributed by atoms with Crippen LogP contribution in [0.2, 0.25) is 0 Å². The van der Waals surface area contributed by atoms with Crippen molar-refractivity contribution < 1.29 is 28.2 Å². The highest BCUT2D eigenvalue weighted by Gasteiger charge is 2.15. The first-order chi connectivity index (χ1) is 14.5. The van der Waals surface area contributed by atoms with Gasteiger partial charge in [0, 0.05) is 6.54 Å². The van der Waals surface area contributed by atoms with Crippen LogP contribution >= 0.6 is 0 Å². The number of benzene rings is 3. The Balaban J connectivity index is 1.74. The van der Waals surface area contributed by atoms with E-state index in [2.05, 4.69) is 10.1 Å². The van der Waals surface area contributed by atoms with Crippen LogP contribution < -0.4 is 10.1 Å². The average Bonchev–Trinajstić information content (AvgIpc) is 2.74. The average molecular weight is 413 g/mol. The molecule has 0 bridgehead atoms. The van der Waals surface area contributed by atoms with Crippen molar-refractivity contribution in [3.63, 3.8) is 0 Å². The Morgan fingerprint density at radius 3 is 2.60 bits per heavy atom. The third-order valence-corrected chi connectivity index (χ3v) is 4.54. The van der Waals surface area contributed by atoms with Crippen LogP contribution in [0.4, 0.5) is 8.78 Å². The zero-order valence-corrected chi connectivity index (χ0v) is 16.3. The number of phenolic OH excluding ortho intramolecular Hbond substituents is 1. The lowest BCUT2D eigenvalue weighted by Gasteiger charge is -2.11. The van der Waals surface area contributed by atoms with Gasteiger partial charge in [0.05, 0.1) is 12.7 Å². The number of fused-ring (bicyclic) bond motifs is 1. The van der Waals surface area contributed by atoms with Crippen LogP contribution in [0.15, 0.2) is 66.9 Å². The molecule has 5 nitrogen and oxygen atoms in total. The third kappa shape index (κ3) is 5.26. The molecule has 30 heavy (non-hydrogen) atoms. The van der Waals surface area contributed by atoms with Gasteiger partial charge in [-0.2, -0.15) is 8.78 Å². The Morgan fingerprint density at radius 2 is 1.87 bits per heavy atom. The number of hydrogen-bond donors (Lipinski definition) is 2. The number of hydrogen-bond acceptors (Lipinski definition) is 4. The lowest BCUT2D eigenvalue weighted by molar-refractivity contribution is -0.116. The highest BCUT2D eigenvalue weighted by molar-refractivity contribution is 6.19. The van der Waals surface area contributed by atoms with Crippen molar-refractivity contribution in [3.05, 3.63) is 78.1 Å². The number of phenols is 1. The van der Waals surface area contributed by atoms with Gasteiger partial charge >= 0.3 is 6.61 Å². The van der Waals surface area contributed by atoms with E-state index >= 15 is 0 Å². The van der Waals surface area contributed by atoms with Gasteiger partial charge in [0.25, 0.3) is 5.91 Å². The molecule has 1 amide bonds. The number of alkyl halides is 2. The fraction of sp³-hybridized carbons (Fsp3) is 0.174. The number of carbonyl (C=O) groups excluding carboxylic acids is 1. The fourth-order valence-corrected chi connectivity index (χ4v) is 3.02. The molecule has 2 N–H and O–H groups in total. The lowest BCUT2D eigenvalue weighted by atomic mass is 10.0. The lowest BCUT2D eigenvalue weighted by Crippen LogP contribution is -2.26. The molecule has 0 saturated heterocycles. The van der Waals surface area contributed by atoms with Crippen molar-refractivity contribution in [3.8, 4) is 11.5 Å². The van der Waals surface area contributed by atoms with E-state index in [0.717, 1.165) is 22.6 Å². The van der Waals surface area contributed by atoms with Gasteiger partial charge < -0.3 is 19.9 Å². The van der Waals surface area contributed by atoms with Crippen LogP contribution in [0.3, 0.4) is 0 Å². The molecule has 3 aromatic rings. The monoisotopic (exact) mass is 413 g/mol. The third-order valence-electron chi connectivity index (χ3n) is 4.54. The number of rotatable bonds is 8. The molecule has 3 rings (SSSR count).